The van der Waals surface area contributed by atoms with Gasteiger partial charge in [0.25, 0.3) is 0 Å². The third-order valence-electron chi connectivity index (χ3n) is 2.63. The molecule has 0 aliphatic rings. The number of carbonyl (C=O) groups excluding carboxylic acids is 1. The van der Waals surface area contributed by atoms with E-state index in [4.69, 9.17) is 23.2 Å². The summed E-state index contributed by atoms with van der Waals surface area (Å²) in [4.78, 5) is 15.6. The van der Waals surface area contributed by atoms with E-state index in [0.29, 0.717) is 16.9 Å². The number of rotatable bonds is 5. The molecule has 0 radical (unpaired) electrons. The second kappa shape index (κ2) is 6.92. The van der Waals surface area contributed by atoms with Gasteiger partial charge in [-0.25, -0.2) is 4.98 Å². The number of aromatic nitrogens is 1. The van der Waals surface area contributed by atoms with Gasteiger partial charge in [0.05, 0.1) is 12.2 Å². The van der Waals surface area contributed by atoms with E-state index >= 15 is 0 Å². The van der Waals surface area contributed by atoms with Crippen molar-refractivity contribution in [2.45, 2.75) is 33.2 Å². The van der Waals surface area contributed by atoms with Crippen LogP contribution in [0.3, 0.4) is 0 Å². The highest BCUT2D eigenvalue weighted by molar-refractivity contribution is 6.34. The molecule has 0 bridgehead atoms. The van der Waals surface area contributed by atoms with Gasteiger partial charge >= 0.3 is 0 Å². The maximum atomic E-state index is 11.7. The number of halogens is 2. The first kappa shape index (κ1) is 15.2. The molecule has 18 heavy (non-hydrogen) atoms. The summed E-state index contributed by atoms with van der Waals surface area (Å²) in [7, 11) is 0. The molecular weight excluding hydrogens is 273 g/mol. The third-order valence-corrected chi connectivity index (χ3v) is 3.10. The fourth-order valence-electron chi connectivity index (χ4n) is 1.34. The quantitative estimate of drug-likeness (QED) is 0.820. The molecule has 0 aromatic carbocycles. The number of carbonyl (C=O) groups is 1. The highest BCUT2D eigenvalue weighted by atomic mass is 35.5. The largest absolute Gasteiger partial charge is 0.322 e. The molecule has 6 heteroatoms. The van der Waals surface area contributed by atoms with Crippen LogP contribution in [0, 0.1) is 6.92 Å². The zero-order chi connectivity index (χ0) is 13.7. The molecule has 0 saturated heterocycles. The van der Waals surface area contributed by atoms with Gasteiger partial charge in [-0.1, -0.05) is 30.1 Å². The average molecular weight is 290 g/mol. The maximum absolute atomic E-state index is 11.7. The van der Waals surface area contributed by atoms with E-state index in [1.54, 1.807) is 6.07 Å². The van der Waals surface area contributed by atoms with Crippen LogP contribution in [0.1, 0.15) is 25.8 Å². The van der Waals surface area contributed by atoms with Gasteiger partial charge in [0.15, 0.2) is 5.15 Å². The van der Waals surface area contributed by atoms with E-state index in [1.165, 1.54) is 0 Å². The lowest BCUT2D eigenvalue weighted by Gasteiger charge is -2.13. The normalized spacial score (nSPS) is 12.3. The molecule has 0 aliphatic heterocycles. The predicted octanol–water partition coefficient (Wildman–Crippen LogP) is 3.02. The summed E-state index contributed by atoms with van der Waals surface area (Å²) >= 11 is 11.7. The molecule has 2 N–H and O–H groups in total. The molecule has 1 rings (SSSR count). The Morgan fingerprint density at radius 2 is 2.17 bits per heavy atom. The fourth-order valence-corrected chi connectivity index (χ4v) is 1.92. The Labute approximate surface area is 117 Å². The van der Waals surface area contributed by atoms with E-state index in [2.05, 4.69) is 22.5 Å². The molecular formula is C12H17Cl2N3O. The standard InChI is InChI=1S/C12H17Cl2N3O/c1-4-8(3)15-6-10(18)17-11-7(2)5-9(13)16-12(11)14/h5,8,15H,4,6H2,1-3H3,(H,17,18). The average Bonchev–Trinajstić information content (AvgIpc) is 2.30. The molecule has 1 heterocycles. The van der Waals surface area contributed by atoms with Gasteiger partial charge in [0.2, 0.25) is 5.91 Å². The Hall–Kier alpha value is -0.840. The molecule has 1 unspecified atom stereocenters. The lowest BCUT2D eigenvalue weighted by Crippen LogP contribution is -2.34. The highest BCUT2D eigenvalue weighted by Gasteiger charge is 2.11. The number of pyridine rings is 1. The van der Waals surface area contributed by atoms with Crippen molar-refractivity contribution in [2.24, 2.45) is 0 Å². The topological polar surface area (TPSA) is 54.0 Å². The highest BCUT2D eigenvalue weighted by Crippen LogP contribution is 2.26. The van der Waals surface area contributed by atoms with E-state index < -0.39 is 0 Å². The van der Waals surface area contributed by atoms with Crippen LogP contribution in [0.25, 0.3) is 0 Å². The lowest BCUT2D eigenvalue weighted by atomic mass is 10.2. The zero-order valence-electron chi connectivity index (χ0n) is 10.7. The van der Waals surface area contributed by atoms with Crippen molar-refractivity contribution in [3.05, 3.63) is 21.9 Å². The number of hydrogen-bond donors (Lipinski definition) is 2. The Kier molecular flexibility index (Phi) is 5.85. The number of anilines is 1. The first-order valence-corrected chi connectivity index (χ1v) is 6.55. The second-order valence-corrected chi connectivity index (χ2v) is 4.91. The van der Waals surface area contributed by atoms with E-state index in [0.717, 1.165) is 12.0 Å². The Bertz CT molecular complexity index is 414. The Morgan fingerprint density at radius 3 is 2.72 bits per heavy atom. The molecule has 0 fully saturated rings. The number of nitrogens with one attached hydrogen (secondary N) is 2. The van der Waals surface area contributed by atoms with Gasteiger partial charge in [-0.3, -0.25) is 4.79 Å². The van der Waals surface area contributed by atoms with Gasteiger partial charge in [0, 0.05) is 6.04 Å². The predicted molar refractivity (Wildman–Crippen MR) is 75.4 cm³/mol. The van der Waals surface area contributed by atoms with Crippen LogP contribution >= 0.6 is 23.2 Å². The second-order valence-electron chi connectivity index (χ2n) is 4.17. The van der Waals surface area contributed by atoms with Crippen LogP contribution in [-0.2, 0) is 4.79 Å². The molecule has 4 nitrogen and oxygen atoms in total. The van der Waals surface area contributed by atoms with Crippen LogP contribution in [-0.4, -0.2) is 23.5 Å². The number of nitrogens with zero attached hydrogens (tertiary/aromatic N) is 1. The Balaban J connectivity index is 2.65. The molecule has 0 saturated carbocycles. The molecule has 1 aromatic heterocycles. The van der Waals surface area contributed by atoms with Crippen molar-refractivity contribution in [3.63, 3.8) is 0 Å². The van der Waals surface area contributed by atoms with Crippen LogP contribution < -0.4 is 10.6 Å². The van der Waals surface area contributed by atoms with Crippen molar-refractivity contribution in [2.75, 3.05) is 11.9 Å². The van der Waals surface area contributed by atoms with Crippen molar-refractivity contribution in [1.29, 1.82) is 0 Å². The molecule has 0 spiro atoms. The molecule has 100 valence electrons. The van der Waals surface area contributed by atoms with Crippen molar-refractivity contribution < 1.29 is 4.79 Å². The fraction of sp³-hybridized carbons (Fsp3) is 0.500. The summed E-state index contributed by atoms with van der Waals surface area (Å²) in [5, 5.41) is 6.35. The van der Waals surface area contributed by atoms with E-state index in [-0.39, 0.29) is 17.6 Å². The van der Waals surface area contributed by atoms with Crippen molar-refractivity contribution in [1.82, 2.24) is 10.3 Å². The van der Waals surface area contributed by atoms with E-state index in [1.807, 2.05) is 13.8 Å². The number of aryl methyl sites for hydroxylation is 1. The summed E-state index contributed by atoms with van der Waals surface area (Å²) < 4.78 is 0. The van der Waals surface area contributed by atoms with Crippen LogP contribution in [0.5, 0.6) is 0 Å². The molecule has 1 atom stereocenters. The SMILES string of the molecule is CCC(C)NCC(=O)Nc1c(C)cc(Cl)nc1Cl. The van der Waals surface area contributed by atoms with Crippen LogP contribution in [0.4, 0.5) is 5.69 Å². The molecule has 1 amide bonds. The first-order chi connectivity index (χ1) is 8.43. The van der Waals surface area contributed by atoms with Gasteiger partial charge < -0.3 is 10.6 Å². The maximum Gasteiger partial charge on any atom is 0.238 e. The minimum Gasteiger partial charge on any atom is -0.322 e. The van der Waals surface area contributed by atoms with Crippen molar-refractivity contribution >= 4 is 34.8 Å². The summed E-state index contributed by atoms with van der Waals surface area (Å²) in [5.41, 5.74) is 1.30. The summed E-state index contributed by atoms with van der Waals surface area (Å²) in [6.07, 6.45) is 0.968. The minimum atomic E-state index is -0.149. The minimum absolute atomic E-state index is 0.149. The van der Waals surface area contributed by atoms with Gasteiger partial charge in [-0.05, 0) is 31.9 Å². The van der Waals surface area contributed by atoms with E-state index in [9.17, 15) is 4.79 Å². The monoisotopic (exact) mass is 289 g/mol. The van der Waals surface area contributed by atoms with Crippen molar-refractivity contribution in [3.8, 4) is 0 Å². The summed E-state index contributed by atoms with van der Waals surface area (Å²) in [6, 6.07) is 1.96. The molecule has 0 aliphatic carbocycles. The smallest absolute Gasteiger partial charge is 0.238 e. The third kappa shape index (κ3) is 4.44. The van der Waals surface area contributed by atoms with Gasteiger partial charge in [-0.2, -0.15) is 0 Å². The molecule has 1 aromatic rings. The lowest BCUT2D eigenvalue weighted by molar-refractivity contribution is -0.115. The summed E-state index contributed by atoms with van der Waals surface area (Å²) in [5.74, 6) is -0.149. The first-order valence-electron chi connectivity index (χ1n) is 5.80. The van der Waals surface area contributed by atoms with Crippen LogP contribution in [0.15, 0.2) is 6.07 Å². The number of hydrogen-bond acceptors (Lipinski definition) is 3. The Morgan fingerprint density at radius 1 is 1.50 bits per heavy atom. The van der Waals surface area contributed by atoms with Gasteiger partial charge in [-0.15, -0.1) is 0 Å². The van der Waals surface area contributed by atoms with Crippen LogP contribution in [0.2, 0.25) is 10.3 Å². The van der Waals surface area contributed by atoms with Gasteiger partial charge in [0.1, 0.15) is 5.15 Å². The zero-order valence-corrected chi connectivity index (χ0v) is 12.2. The summed E-state index contributed by atoms with van der Waals surface area (Å²) in [6.45, 7) is 6.14. The number of amides is 1.